The van der Waals surface area contributed by atoms with Gasteiger partial charge in [0.25, 0.3) is 5.91 Å². The molecule has 1 aliphatic rings. The maximum atomic E-state index is 11.8. The molecule has 1 aliphatic heterocycles. The smallest absolute Gasteiger partial charge is 0.261 e. The predicted octanol–water partition coefficient (Wildman–Crippen LogP) is -0.105. The first kappa shape index (κ1) is 12.9. The van der Waals surface area contributed by atoms with Crippen LogP contribution in [0.5, 0.6) is 5.75 Å². The Bertz CT molecular complexity index is 536. The zero-order valence-corrected chi connectivity index (χ0v) is 10.3. The van der Waals surface area contributed by atoms with Crippen molar-refractivity contribution in [3.63, 3.8) is 0 Å². The van der Waals surface area contributed by atoms with Crippen LogP contribution in [0.4, 0.5) is 0 Å². The molecule has 0 aliphatic carbocycles. The Morgan fingerprint density at radius 3 is 3.11 bits per heavy atom. The molecular weight excluding hydrogens is 246 g/mol. The van der Waals surface area contributed by atoms with Crippen LogP contribution in [0.25, 0.3) is 0 Å². The summed E-state index contributed by atoms with van der Waals surface area (Å²) in [5, 5.41) is 11.4. The zero-order valence-electron chi connectivity index (χ0n) is 10.3. The van der Waals surface area contributed by atoms with Crippen molar-refractivity contribution in [3.05, 3.63) is 29.8 Å². The number of nitriles is 1. The van der Waals surface area contributed by atoms with Crippen LogP contribution >= 0.6 is 0 Å². The molecule has 1 N–H and O–H groups in total. The lowest BCUT2D eigenvalue weighted by Gasteiger charge is -2.26. The molecule has 2 amide bonds. The number of rotatable bonds is 3. The molecule has 0 bridgehead atoms. The van der Waals surface area contributed by atoms with Gasteiger partial charge in [0.15, 0.2) is 6.61 Å². The van der Waals surface area contributed by atoms with Crippen LogP contribution in [0, 0.1) is 11.3 Å². The summed E-state index contributed by atoms with van der Waals surface area (Å²) in [7, 11) is 0. The summed E-state index contributed by atoms with van der Waals surface area (Å²) in [5.41, 5.74) is 0.474. The highest BCUT2D eigenvalue weighted by atomic mass is 16.5. The van der Waals surface area contributed by atoms with Crippen LogP contribution in [-0.4, -0.2) is 43.0 Å². The molecule has 1 aromatic carbocycles. The van der Waals surface area contributed by atoms with E-state index in [0.717, 1.165) is 0 Å². The molecule has 1 heterocycles. The first-order valence-electron chi connectivity index (χ1n) is 5.86. The van der Waals surface area contributed by atoms with Crippen molar-refractivity contribution >= 4 is 11.8 Å². The van der Waals surface area contributed by atoms with Crippen molar-refractivity contribution in [2.24, 2.45) is 0 Å². The number of carbonyl (C=O) groups is 2. The first-order valence-corrected chi connectivity index (χ1v) is 5.86. The molecule has 6 nitrogen and oxygen atoms in total. The van der Waals surface area contributed by atoms with E-state index < -0.39 is 0 Å². The van der Waals surface area contributed by atoms with Crippen LogP contribution in [0.1, 0.15) is 5.56 Å². The molecule has 19 heavy (non-hydrogen) atoms. The lowest BCUT2D eigenvalue weighted by atomic mass is 10.2. The fraction of sp³-hybridized carbons (Fsp3) is 0.308. The van der Waals surface area contributed by atoms with Crippen molar-refractivity contribution in [3.8, 4) is 11.8 Å². The molecular formula is C13H13N3O3. The van der Waals surface area contributed by atoms with Gasteiger partial charge >= 0.3 is 0 Å². The van der Waals surface area contributed by atoms with Gasteiger partial charge in [-0.2, -0.15) is 5.26 Å². The molecule has 0 radical (unpaired) electrons. The van der Waals surface area contributed by atoms with Crippen LogP contribution in [-0.2, 0) is 9.59 Å². The van der Waals surface area contributed by atoms with Gasteiger partial charge < -0.3 is 15.0 Å². The minimum absolute atomic E-state index is 0.0699. The van der Waals surface area contributed by atoms with Gasteiger partial charge in [0.05, 0.1) is 18.2 Å². The summed E-state index contributed by atoms with van der Waals surface area (Å²) in [6.45, 7) is 0.892. The topological polar surface area (TPSA) is 82.4 Å². The quantitative estimate of drug-likeness (QED) is 0.821. The van der Waals surface area contributed by atoms with Gasteiger partial charge in [-0.1, -0.05) is 6.07 Å². The van der Waals surface area contributed by atoms with E-state index in [1.165, 1.54) is 4.90 Å². The molecule has 0 saturated carbocycles. The summed E-state index contributed by atoms with van der Waals surface area (Å²) in [5.74, 6) is 0.0668. The second-order valence-corrected chi connectivity index (χ2v) is 4.09. The molecule has 98 valence electrons. The molecule has 1 fully saturated rings. The number of benzene rings is 1. The Balaban J connectivity index is 1.89. The van der Waals surface area contributed by atoms with Crippen molar-refractivity contribution in [1.29, 1.82) is 5.26 Å². The van der Waals surface area contributed by atoms with E-state index in [0.29, 0.717) is 24.4 Å². The van der Waals surface area contributed by atoms with Gasteiger partial charge in [-0.05, 0) is 18.2 Å². The Labute approximate surface area is 110 Å². The highest BCUT2D eigenvalue weighted by molar-refractivity contribution is 5.86. The van der Waals surface area contributed by atoms with Gasteiger partial charge in [-0.15, -0.1) is 0 Å². The summed E-state index contributed by atoms with van der Waals surface area (Å²) >= 11 is 0. The number of carbonyl (C=O) groups excluding carboxylic acids is 2. The Hall–Kier alpha value is -2.55. The van der Waals surface area contributed by atoms with Crippen molar-refractivity contribution in [2.45, 2.75) is 0 Å². The first-order chi connectivity index (χ1) is 9.19. The zero-order chi connectivity index (χ0) is 13.7. The van der Waals surface area contributed by atoms with Crippen LogP contribution in [0.2, 0.25) is 0 Å². The molecule has 0 unspecified atom stereocenters. The monoisotopic (exact) mass is 259 g/mol. The fourth-order valence-corrected chi connectivity index (χ4v) is 1.74. The average Bonchev–Trinajstić information content (AvgIpc) is 2.45. The highest BCUT2D eigenvalue weighted by Crippen LogP contribution is 2.12. The van der Waals surface area contributed by atoms with E-state index >= 15 is 0 Å². The average molecular weight is 259 g/mol. The van der Waals surface area contributed by atoms with Gasteiger partial charge in [-0.3, -0.25) is 9.59 Å². The third-order valence-corrected chi connectivity index (χ3v) is 2.72. The fourth-order valence-electron chi connectivity index (χ4n) is 1.74. The van der Waals surface area contributed by atoms with Crippen LogP contribution < -0.4 is 10.1 Å². The summed E-state index contributed by atoms with van der Waals surface area (Å²) in [6.07, 6.45) is 0. The number of amides is 2. The number of hydrogen-bond acceptors (Lipinski definition) is 4. The number of hydrogen-bond donors (Lipinski definition) is 1. The maximum absolute atomic E-state index is 11.8. The number of nitrogens with zero attached hydrogens (tertiary/aromatic N) is 2. The van der Waals surface area contributed by atoms with E-state index in [2.05, 4.69) is 5.32 Å². The van der Waals surface area contributed by atoms with Crippen molar-refractivity contribution in [1.82, 2.24) is 10.2 Å². The van der Waals surface area contributed by atoms with Crippen molar-refractivity contribution in [2.75, 3.05) is 26.2 Å². The minimum atomic E-state index is -0.239. The van der Waals surface area contributed by atoms with E-state index in [9.17, 15) is 9.59 Å². The summed E-state index contributed by atoms with van der Waals surface area (Å²) in [4.78, 5) is 24.4. The summed E-state index contributed by atoms with van der Waals surface area (Å²) < 4.78 is 5.32. The number of ether oxygens (including phenoxy) is 1. The molecule has 0 aromatic heterocycles. The molecule has 6 heteroatoms. The van der Waals surface area contributed by atoms with E-state index in [-0.39, 0.29) is 25.0 Å². The Morgan fingerprint density at radius 2 is 2.37 bits per heavy atom. The summed E-state index contributed by atoms with van der Waals surface area (Å²) in [6, 6.07) is 8.58. The van der Waals surface area contributed by atoms with Gasteiger partial charge in [0, 0.05) is 13.1 Å². The highest BCUT2D eigenvalue weighted by Gasteiger charge is 2.21. The lowest BCUT2D eigenvalue weighted by Crippen LogP contribution is -2.51. The van der Waals surface area contributed by atoms with Gasteiger partial charge in [-0.25, -0.2) is 0 Å². The minimum Gasteiger partial charge on any atom is -0.484 e. The molecule has 0 atom stereocenters. The van der Waals surface area contributed by atoms with Crippen LogP contribution in [0.3, 0.4) is 0 Å². The molecule has 1 saturated heterocycles. The van der Waals surface area contributed by atoms with E-state index in [4.69, 9.17) is 10.00 Å². The third-order valence-electron chi connectivity index (χ3n) is 2.72. The van der Waals surface area contributed by atoms with E-state index in [1.807, 2.05) is 6.07 Å². The molecule has 2 rings (SSSR count). The second kappa shape index (κ2) is 5.87. The molecule has 1 aromatic rings. The number of piperazine rings is 1. The lowest BCUT2D eigenvalue weighted by molar-refractivity contribution is -0.139. The van der Waals surface area contributed by atoms with Crippen molar-refractivity contribution < 1.29 is 14.3 Å². The molecule has 0 spiro atoms. The Morgan fingerprint density at radius 1 is 1.53 bits per heavy atom. The van der Waals surface area contributed by atoms with Gasteiger partial charge in [0.2, 0.25) is 5.91 Å². The third kappa shape index (κ3) is 3.45. The predicted molar refractivity (Wildman–Crippen MR) is 66.2 cm³/mol. The normalized spacial score (nSPS) is 14.5. The largest absolute Gasteiger partial charge is 0.484 e. The van der Waals surface area contributed by atoms with Gasteiger partial charge in [0.1, 0.15) is 5.75 Å². The standard InChI is InChI=1S/C13H13N3O3/c14-7-10-2-1-3-11(6-10)19-9-13(18)16-5-4-15-12(17)8-16/h1-3,6H,4-5,8-9H2,(H,15,17). The van der Waals surface area contributed by atoms with E-state index in [1.54, 1.807) is 24.3 Å². The second-order valence-electron chi connectivity index (χ2n) is 4.09. The van der Waals surface area contributed by atoms with Crippen LogP contribution in [0.15, 0.2) is 24.3 Å². The Kier molecular flexibility index (Phi) is 3.98. The number of nitrogens with one attached hydrogen (secondary N) is 1. The SMILES string of the molecule is N#Cc1cccc(OCC(=O)N2CCNC(=O)C2)c1. The maximum Gasteiger partial charge on any atom is 0.261 e.